The van der Waals surface area contributed by atoms with E-state index in [-0.39, 0.29) is 6.29 Å². The van der Waals surface area contributed by atoms with E-state index in [2.05, 4.69) is 13.8 Å². The topological polar surface area (TPSA) is 118 Å². The summed E-state index contributed by atoms with van der Waals surface area (Å²) < 4.78 is 0. The van der Waals surface area contributed by atoms with Crippen molar-refractivity contribution in [2.75, 3.05) is 6.61 Å². The fourth-order valence-corrected chi connectivity index (χ4v) is 1.29. The molecule has 6 nitrogen and oxygen atoms in total. The normalized spacial score (nSPS) is 16.8. The summed E-state index contributed by atoms with van der Waals surface area (Å²) in [5, 5.41) is 43.5. The van der Waals surface area contributed by atoms with Crippen LogP contribution >= 0.6 is 0 Å². The second-order valence-corrected chi connectivity index (χ2v) is 4.42. The number of unbranched alkanes of at least 4 members (excludes halogenated alkanes) is 4. The minimum Gasteiger partial charge on any atom is -0.394 e. The Kier molecular flexibility index (Phi) is 15.2. The van der Waals surface area contributed by atoms with Crippen LogP contribution in [-0.4, -0.2) is 62.8 Å². The van der Waals surface area contributed by atoms with E-state index in [9.17, 15) is 4.79 Å². The van der Waals surface area contributed by atoms with Gasteiger partial charge in [0.25, 0.3) is 0 Å². The third kappa shape index (κ3) is 11.0. The molecule has 4 unspecified atom stereocenters. The Bertz CT molecular complexity index is 196. The van der Waals surface area contributed by atoms with E-state index >= 15 is 0 Å². The van der Waals surface area contributed by atoms with E-state index in [0.29, 0.717) is 0 Å². The van der Waals surface area contributed by atoms with E-state index in [1.165, 1.54) is 32.1 Å². The third-order valence-corrected chi connectivity index (χ3v) is 2.63. The van der Waals surface area contributed by atoms with Gasteiger partial charge in [-0.15, -0.1) is 0 Å². The molecule has 0 heterocycles. The molecule has 0 aliphatic carbocycles. The number of hydrogen-bond donors (Lipinski definition) is 5. The maximum atomic E-state index is 9.90. The van der Waals surface area contributed by atoms with Gasteiger partial charge in [0, 0.05) is 0 Å². The van der Waals surface area contributed by atoms with E-state index in [1.54, 1.807) is 0 Å². The van der Waals surface area contributed by atoms with Crippen molar-refractivity contribution in [2.45, 2.75) is 70.4 Å². The lowest BCUT2D eigenvalue weighted by atomic mass is 10.0. The van der Waals surface area contributed by atoms with Crippen molar-refractivity contribution in [3.8, 4) is 0 Å². The van der Waals surface area contributed by atoms with Crippen LogP contribution in [0.15, 0.2) is 0 Å². The molecule has 0 amide bonds. The number of aliphatic hydroxyl groups excluding tert-OH is 5. The summed E-state index contributed by atoms with van der Waals surface area (Å²) in [7, 11) is 0. The van der Waals surface area contributed by atoms with Crippen molar-refractivity contribution < 1.29 is 30.3 Å². The van der Waals surface area contributed by atoms with Gasteiger partial charge in [-0.25, -0.2) is 0 Å². The number of carbonyl (C=O) groups excluding carboxylic acids is 1. The molecule has 0 radical (unpaired) electrons. The molecule has 6 heteroatoms. The number of rotatable bonds is 9. The van der Waals surface area contributed by atoms with Gasteiger partial charge in [-0.05, 0) is 0 Å². The first kappa shape index (κ1) is 20.8. The lowest BCUT2D eigenvalue weighted by Gasteiger charge is -2.22. The van der Waals surface area contributed by atoms with Gasteiger partial charge in [0.1, 0.15) is 24.4 Å². The van der Waals surface area contributed by atoms with Crippen LogP contribution in [0.4, 0.5) is 0 Å². The standard InChI is InChI=1S/C7H16.C6H12O6/c1-3-5-7-6-4-2;7-1-3(9)5(11)6(12)4(10)2-8/h3-7H2,1-2H3;1,3-6,8-12H,2H2. The van der Waals surface area contributed by atoms with E-state index in [4.69, 9.17) is 25.5 Å². The summed E-state index contributed by atoms with van der Waals surface area (Å²) >= 11 is 0. The molecule has 0 aliphatic heterocycles. The zero-order valence-corrected chi connectivity index (χ0v) is 11.8. The largest absolute Gasteiger partial charge is 0.394 e. The summed E-state index contributed by atoms with van der Waals surface area (Å²) in [6, 6.07) is 0. The van der Waals surface area contributed by atoms with Crippen LogP contribution in [0.5, 0.6) is 0 Å². The van der Waals surface area contributed by atoms with E-state index in [0.717, 1.165) is 0 Å². The van der Waals surface area contributed by atoms with Gasteiger partial charge < -0.3 is 30.3 Å². The fraction of sp³-hybridized carbons (Fsp3) is 0.923. The van der Waals surface area contributed by atoms with Crippen LogP contribution in [0.25, 0.3) is 0 Å². The van der Waals surface area contributed by atoms with Crippen LogP contribution < -0.4 is 0 Å². The van der Waals surface area contributed by atoms with E-state index in [1.807, 2.05) is 0 Å². The Morgan fingerprint density at radius 3 is 1.68 bits per heavy atom. The van der Waals surface area contributed by atoms with Crippen molar-refractivity contribution in [3.05, 3.63) is 0 Å². The molecule has 0 spiro atoms. The van der Waals surface area contributed by atoms with Crippen LogP contribution in [0.3, 0.4) is 0 Å². The quantitative estimate of drug-likeness (QED) is 0.290. The van der Waals surface area contributed by atoms with Crippen molar-refractivity contribution in [1.82, 2.24) is 0 Å². The van der Waals surface area contributed by atoms with Crippen molar-refractivity contribution in [2.24, 2.45) is 0 Å². The van der Waals surface area contributed by atoms with Crippen molar-refractivity contribution in [3.63, 3.8) is 0 Å². The average Bonchev–Trinajstić information content (AvgIpc) is 2.45. The molecule has 0 fully saturated rings. The molecule has 0 aliphatic rings. The first-order valence-corrected chi connectivity index (χ1v) is 6.74. The summed E-state index contributed by atoms with van der Waals surface area (Å²) in [5.41, 5.74) is 0. The summed E-state index contributed by atoms with van der Waals surface area (Å²) in [6.07, 6.45) is 0.169. The molecule has 0 bridgehead atoms. The summed E-state index contributed by atoms with van der Waals surface area (Å²) in [5.74, 6) is 0. The minimum atomic E-state index is -1.79. The number of carbonyl (C=O) groups is 1. The van der Waals surface area contributed by atoms with Gasteiger partial charge in [-0.3, -0.25) is 0 Å². The van der Waals surface area contributed by atoms with Gasteiger partial charge in [-0.1, -0.05) is 46.0 Å². The molecule has 0 saturated heterocycles. The molecular weight excluding hydrogens is 252 g/mol. The first-order valence-electron chi connectivity index (χ1n) is 6.74. The average molecular weight is 280 g/mol. The van der Waals surface area contributed by atoms with Crippen molar-refractivity contribution >= 4 is 6.29 Å². The highest BCUT2D eigenvalue weighted by molar-refractivity contribution is 5.56. The molecule has 0 aromatic heterocycles. The van der Waals surface area contributed by atoms with Gasteiger partial charge in [0.05, 0.1) is 6.61 Å². The molecule has 5 N–H and O–H groups in total. The van der Waals surface area contributed by atoms with E-state index < -0.39 is 31.0 Å². The smallest absolute Gasteiger partial charge is 0.151 e. The number of aliphatic hydroxyl groups is 5. The zero-order valence-electron chi connectivity index (χ0n) is 11.8. The third-order valence-electron chi connectivity index (χ3n) is 2.63. The van der Waals surface area contributed by atoms with Gasteiger partial charge in [0.2, 0.25) is 0 Å². The van der Waals surface area contributed by atoms with Gasteiger partial charge in [-0.2, -0.15) is 0 Å². The Morgan fingerprint density at radius 2 is 1.37 bits per heavy atom. The number of aldehydes is 1. The van der Waals surface area contributed by atoms with Gasteiger partial charge in [0.15, 0.2) is 6.29 Å². The highest BCUT2D eigenvalue weighted by atomic mass is 16.4. The maximum Gasteiger partial charge on any atom is 0.151 e. The van der Waals surface area contributed by atoms with Crippen LogP contribution in [0.2, 0.25) is 0 Å². The molecule has 116 valence electrons. The maximum absolute atomic E-state index is 9.90. The highest BCUT2D eigenvalue weighted by Gasteiger charge is 2.29. The Hall–Kier alpha value is -0.530. The predicted molar refractivity (Wildman–Crippen MR) is 71.6 cm³/mol. The second kappa shape index (κ2) is 13.9. The first-order chi connectivity index (χ1) is 8.95. The predicted octanol–water partition coefficient (Wildman–Crippen LogP) is -0.402. The molecule has 0 aromatic rings. The zero-order chi connectivity index (χ0) is 15.3. The lowest BCUT2D eigenvalue weighted by Crippen LogP contribution is -2.46. The number of hydrogen-bond acceptors (Lipinski definition) is 6. The van der Waals surface area contributed by atoms with Crippen LogP contribution in [0.1, 0.15) is 46.0 Å². The lowest BCUT2D eigenvalue weighted by molar-refractivity contribution is -0.136. The SMILES string of the molecule is CCCCCCC.O=CC(O)C(O)C(O)C(O)CO. The van der Waals surface area contributed by atoms with Gasteiger partial charge >= 0.3 is 0 Å². The minimum absolute atomic E-state index is 0.0258. The van der Waals surface area contributed by atoms with Crippen molar-refractivity contribution in [1.29, 1.82) is 0 Å². The Balaban J connectivity index is 0. The molecule has 4 atom stereocenters. The Labute approximate surface area is 114 Å². The molecule has 19 heavy (non-hydrogen) atoms. The molecular formula is C13H28O6. The Morgan fingerprint density at radius 1 is 0.895 bits per heavy atom. The second-order valence-electron chi connectivity index (χ2n) is 4.42. The van der Waals surface area contributed by atoms with Crippen LogP contribution in [0, 0.1) is 0 Å². The molecule has 0 aromatic carbocycles. The summed E-state index contributed by atoms with van der Waals surface area (Å²) in [4.78, 5) is 9.90. The summed E-state index contributed by atoms with van der Waals surface area (Å²) in [6.45, 7) is 3.73. The highest BCUT2D eigenvalue weighted by Crippen LogP contribution is 2.03. The molecule has 0 rings (SSSR count). The van der Waals surface area contributed by atoms with Crippen LogP contribution in [-0.2, 0) is 4.79 Å². The monoisotopic (exact) mass is 280 g/mol. The fourth-order valence-electron chi connectivity index (χ4n) is 1.29. The molecule has 0 saturated carbocycles.